The summed E-state index contributed by atoms with van der Waals surface area (Å²) in [5.41, 5.74) is 5.59. The first-order valence-electron chi connectivity index (χ1n) is 11.9. The molecule has 0 radical (unpaired) electrons. The zero-order valence-corrected chi connectivity index (χ0v) is 20.2. The van der Waals surface area contributed by atoms with Crippen molar-refractivity contribution in [1.29, 1.82) is 0 Å². The fourth-order valence-electron chi connectivity index (χ4n) is 5.21. The van der Waals surface area contributed by atoms with Gasteiger partial charge in [-0.15, -0.1) is 0 Å². The highest BCUT2D eigenvalue weighted by Gasteiger charge is 2.36. The van der Waals surface area contributed by atoms with Gasteiger partial charge in [0, 0.05) is 42.6 Å². The van der Waals surface area contributed by atoms with Crippen LogP contribution in [0.3, 0.4) is 0 Å². The number of piperazine rings is 1. The fraction of sp³-hybridized carbons (Fsp3) is 0.214. The van der Waals surface area contributed by atoms with Gasteiger partial charge in [0.2, 0.25) is 5.95 Å². The maximum atomic E-state index is 14.1. The number of benzene rings is 3. The Morgan fingerprint density at radius 1 is 0.943 bits per heavy atom. The molecule has 4 aromatic rings. The zero-order chi connectivity index (χ0) is 23.9. The van der Waals surface area contributed by atoms with Crippen LogP contribution in [0, 0.1) is 0 Å². The van der Waals surface area contributed by atoms with Gasteiger partial charge in [-0.3, -0.25) is 9.36 Å². The lowest BCUT2D eigenvalue weighted by Gasteiger charge is -2.39. The molecule has 1 aromatic heterocycles. The number of fused-ring (bicyclic) bond motifs is 3. The van der Waals surface area contributed by atoms with Gasteiger partial charge in [0.25, 0.3) is 5.91 Å². The minimum atomic E-state index is -0.322. The SMILES string of the molecule is CC1=C(C(=O)N2CCN(c3ccccc3)CC2)[C@H](c2cccc(Cl)c2)n2c(nc3ccccc32)N1. The van der Waals surface area contributed by atoms with E-state index >= 15 is 0 Å². The number of hydrogen-bond acceptors (Lipinski definition) is 4. The number of aromatic nitrogens is 2. The third kappa shape index (κ3) is 3.84. The van der Waals surface area contributed by atoms with E-state index in [-0.39, 0.29) is 11.9 Å². The van der Waals surface area contributed by atoms with Crippen LogP contribution >= 0.6 is 11.6 Å². The van der Waals surface area contributed by atoms with E-state index in [9.17, 15) is 4.79 Å². The summed E-state index contributed by atoms with van der Waals surface area (Å²) in [5, 5.41) is 4.06. The topological polar surface area (TPSA) is 53.4 Å². The molecule has 6 nitrogen and oxygen atoms in total. The van der Waals surface area contributed by atoms with Crippen molar-refractivity contribution in [3.63, 3.8) is 0 Å². The van der Waals surface area contributed by atoms with Gasteiger partial charge >= 0.3 is 0 Å². The first-order valence-corrected chi connectivity index (χ1v) is 12.3. The molecule has 6 rings (SSSR count). The van der Waals surface area contributed by atoms with E-state index in [0.29, 0.717) is 18.1 Å². The van der Waals surface area contributed by atoms with Crippen molar-refractivity contribution in [3.8, 4) is 0 Å². The average Bonchev–Trinajstić information content (AvgIpc) is 3.26. The van der Waals surface area contributed by atoms with Crippen LogP contribution in [-0.2, 0) is 4.79 Å². The molecule has 3 aromatic carbocycles. The van der Waals surface area contributed by atoms with Crippen LogP contribution in [0.15, 0.2) is 90.1 Å². The quantitative estimate of drug-likeness (QED) is 0.428. The third-order valence-corrected chi connectivity index (χ3v) is 7.15. The number of nitrogens with zero attached hydrogens (tertiary/aromatic N) is 4. The number of imidazole rings is 1. The fourth-order valence-corrected chi connectivity index (χ4v) is 5.41. The molecular formula is C28H26ClN5O. The number of para-hydroxylation sites is 3. The molecule has 0 saturated carbocycles. The second-order valence-corrected chi connectivity index (χ2v) is 9.47. The predicted molar refractivity (Wildman–Crippen MR) is 141 cm³/mol. The number of rotatable bonds is 3. The smallest absolute Gasteiger partial charge is 0.254 e. The molecule has 2 aliphatic heterocycles. The van der Waals surface area contributed by atoms with E-state index in [1.165, 1.54) is 5.69 Å². The lowest BCUT2D eigenvalue weighted by molar-refractivity contribution is -0.127. The summed E-state index contributed by atoms with van der Waals surface area (Å²) >= 11 is 6.41. The molecular weight excluding hydrogens is 458 g/mol. The molecule has 7 heteroatoms. The molecule has 0 spiro atoms. The average molecular weight is 484 g/mol. The second kappa shape index (κ2) is 8.78. The van der Waals surface area contributed by atoms with Crippen LogP contribution in [0.4, 0.5) is 11.6 Å². The summed E-state index contributed by atoms with van der Waals surface area (Å²) < 4.78 is 2.13. The first-order chi connectivity index (χ1) is 17.1. The Morgan fingerprint density at radius 2 is 1.69 bits per heavy atom. The third-order valence-electron chi connectivity index (χ3n) is 6.91. The van der Waals surface area contributed by atoms with Crippen LogP contribution in [0.5, 0.6) is 0 Å². The van der Waals surface area contributed by atoms with Gasteiger partial charge in [-0.2, -0.15) is 0 Å². The summed E-state index contributed by atoms with van der Waals surface area (Å²) in [6.45, 7) is 4.91. The van der Waals surface area contributed by atoms with E-state index in [1.54, 1.807) is 0 Å². The summed E-state index contributed by atoms with van der Waals surface area (Å²) in [4.78, 5) is 23.2. The first kappa shape index (κ1) is 21.7. The largest absolute Gasteiger partial charge is 0.368 e. The summed E-state index contributed by atoms with van der Waals surface area (Å²) in [7, 11) is 0. The monoisotopic (exact) mass is 483 g/mol. The highest BCUT2D eigenvalue weighted by Crippen LogP contribution is 2.40. The number of anilines is 2. The van der Waals surface area contributed by atoms with Crippen LogP contribution in [0.1, 0.15) is 18.5 Å². The maximum Gasteiger partial charge on any atom is 0.254 e. The Labute approximate surface area is 209 Å². The van der Waals surface area contributed by atoms with Gasteiger partial charge in [0.15, 0.2) is 0 Å². The minimum absolute atomic E-state index is 0.0520. The van der Waals surface area contributed by atoms with Crippen molar-refractivity contribution in [2.75, 3.05) is 36.4 Å². The van der Waals surface area contributed by atoms with Crippen molar-refractivity contribution >= 4 is 40.2 Å². The molecule has 1 atom stereocenters. The summed E-state index contributed by atoms with van der Waals surface area (Å²) in [5.74, 6) is 0.787. The number of allylic oxidation sites excluding steroid dienone is 1. The Hall–Kier alpha value is -3.77. The Balaban J connectivity index is 1.37. The van der Waals surface area contributed by atoms with Gasteiger partial charge in [-0.05, 0) is 48.9 Å². The summed E-state index contributed by atoms with van der Waals surface area (Å²) in [6.07, 6.45) is 0. The predicted octanol–water partition coefficient (Wildman–Crippen LogP) is 5.33. The van der Waals surface area contributed by atoms with Crippen molar-refractivity contribution in [3.05, 3.63) is 101 Å². The van der Waals surface area contributed by atoms with Gasteiger partial charge < -0.3 is 15.1 Å². The Kier molecular flexibility index (Phi) is 5.46. The lowest BCUT2D eigenvalue weighted by Crippen LogP contribution is -2.50. The van der Waals surface area contributed by atoms with Crippen molar-refractivity contribution in [2.24, 2.45) is 0 Å². The van der Waals surface area contributed by atoms with Gasteiger partial charge in [0.05, 0.1) is 22.6 Å². The highest BCUT2D eigenvalue weighted by atomic mass is 35.5. The van der Waals surface area contributed by atoms with Crippen molar-refractivity contribution in [1.82, 2.24) is 14.5 Å². The molecule has 1 saturated heterocycles. The minimum Gasteiger partial charge on any atom is -0.368 e. The van der Waals surface area contributed by atoms with E-state index in [1.807, 2.05) is 66.4 Å². The van der Waals surface area contributed by atoms with Gasteiger partial charge in [-0.25, -0.2) is 4.98 Å². The van der Waals surface area contributed by atoms with E-state index in [0.717, 1.165) is 46.9 Å². The molecule has 3 heterocycles. The Morgan fingerprint density at radius 3 is 2.46 bits per heavy atom. The molecule has 2 aliphatic rings. The number of halogens is 1. The zero-order valence-electron chi connectivity index (χ0n) is 19.5. The van der Waals surface area contributed by atoms with Crippen molar-refractivity contribution in [2.45, 2.75) is 13.0 Å². The molecule has 35 heavy (non-hydrogen) atoms. The van der Waals surface area contributed by atoms with E-state index in [4.69, 9.17) is 16.6 Å². The molecule has 1 N–H and O–H groups in total. The molecule has 0 unspecified atom stereocenters. The number of carbonyl (C=O) groups excluding carboxylic acids is 1. The second-order valence-electron chi connectivity index (χ2n) is 9.03. The van der Waals surface area contributed by atoms with Crippen molar-refractivity contribution < 1.29 is 4.79 Å². The number of amides is 1. The van der Waals surface area contributed by atoms with E-state index in [2.05, 4.69) is 39.0 Å². The molecule has 0 bridgehead atoms. The van der Waals surface area contributed by atoms with Crippen LogP contribution in [0.2, 0.25) is 5.02 Å². The number of hydrogen-bond donors (Lipinski definition) is 1. The van der Waals surface area contributed by atoms with Gasteiger partial charge in [-0.1, -0.05) is 54.1 Å². The Bertz CT molecular complexity index is 1440. The normalized spacial score (nSPS) is 17.9. The van der Waals surface area contributed by atoms with Crippen LogP contribution in [0.25, 0.3) is 11.0 Å². The van der Waals surface area contributed by atoms with Crippen LogP contribution < -0.4 is 10.2 Å². The number of nitrogens with one attached hydrogen (secondary N) is 1. The lowest BCUT2D eigenvalue weighted by atomic mass is 9.93. The summed E-state index contributed by atoms with van der Waals surface area (Å²) in [6, 6.07) is 25.9. The van der Waals surface area contributed by atoms with Gasteiger partial charge in [0.1, 0.15) is 0 Å². The molecule has 0 aliphatic carbocycles. The van der Waals surface area contributed by atoms with E-state index < -0.39 is 0 Å². The molecule has 176 valence electrons. The maximum absolute atomic E-state index is 14.1. The molecule has 1 amide bonds. The molecule has 1 fully saturated rings. The number of carbonyl (C=O) groups is 1. The standard InChI is InChI=1S/C28H26ClN5O/c1-19-25(27(35)33-16-14-32(15-17-33)22-10-3-2-4-11-22)26(20-8-7-9-21(29)18-20)34-24-13-6-5-12-23(24)31-28(34)30-19/h2-13,18,26H,14-17H2,1H3,(H,30,31)/t26-/m0/s1. The van der Waals surface area contributed by atoms with Crippen LogP contribution in [-0.4, -0.2) is 46.5 Å². The highest BCUT2D eigenvalue weighted by molar-refractivity contribution is 6.30.